The van der Waals surface area contributed by atoms with Crippen molar-refractivity contribution in [2.45, 2.75) is 58.4 Å². The van der Waals surface area contributed by atoms with E-state index < -0.39 is 0 Å². The van der Waals surface area contributed by atoms with Gasteiger partial charge in [-0.1, -0.05) is 13.3 Å². The lowest BCUT2D eigenvalue weighted by Crippen LogP contribution is -2.39. The van der Waals surface area contributed by atoms with Crippen molar-refractivity contribution in [3.05, 3.63) is 0 Å². The molecule has 5 nitrogen and oxygen atoms in total. The predicted molar refractivity (Wildman–Crippen MR) is 94.9 cm³/mol. The molecule has 2 rings (SSSR count). The molecule has 1 heterocycles. The van der Waals surface area contributed by atoms with E-state index in [4.69, 9.17) is 9.47 Å². The first kappa shape index (κ1) is 18.5. The Balaban J connectivity index is 1.54. The molecule has 1 saturated carbocycles. The van der Waals surface area contributed by atoms with Gasteiger partial charge in [0.15, 0.2) is 5.96 Å². The summed E-state index contributed by atoms with van der Waals surface area (Å²) in [7, 11) is 0. The van der Waals surface area contributed by atoms with Crippen LogP contribution in [-0.2, 0) is 9.47 Å². The first-order valence-electron chi connectivity index (χ1n) is 9.53. The Morgan fingerprint density at radius 1 is 1.26 bits per heavy atom. The Labute approximate surface area is 141 Å². The van der Waals surface area contributed by atoms with E-state index in [0.717, 1.165) is 70.7 Å². The minimum Gasteiger partial charge on any atom is -0.381 e. The van der Waals surface area contributed by atoms with Gasteiger partial charge in [0.05, 0.1) is 0 Å². The lowest BCUT2D eigenvalue weighted by Gasteiger charge is -2.21. The average molecular weight is 325 g/mol. The number of nitrogens with one attached hydrogen (secondary N) is 2. The molecule has 1 saturated heterocycles. The van der Waals surface area contributed by atoms with Crippen LogP contribution in [0.5, 0.6) is 0 Å². The number of hydrogen-bond donors (Lipinski definition) is 2. The second-order valence-electron chi connectivity index (χ2n) is 6.78. The highest BCUT2D eigenvalue weighted by Crippen LogP contribution is 2.34. The third-order valence-corrected chi connectivity index (χ3v) is 4.66. The predicted octanol–water partition coefficient (Wildman–Crippen LogP) is 2.56. The zero-order chi connectivity index (χ0) is 16.3. The summed E-state index contributed by atoms with van der Waals surface area (Å²) in [5.41, 5.74) is 0. The first-order valence-corrected chi connectivity index (χ1v) is 9.53. The quantitative estimate of drug-likeness (QED) is 0.368. The second-order valence-corrected chi connectivity index (χ2v) is 6.78. The summed E-state index contributed by atoms with van der Waals surface area (Å²) < 4.78 is 11.2. The molecule has 2 unspecified atom stereocenters. The lowest BCUT2D eigenvalue weighted by molar-refractivity contribution is 0.0205. The minimum atomic E-state index is 0.637. The van der Waals surface area contributed by atoms with Crippen LogP contribution in [0.2, 0.25) is 0 Å². The smallest absolute Gasteiger partial charge is 0.191 e. The molecule has 0 bridgehead atoms. The van der Waals surface area contributed by atoms with Crippen molar-refractivity contribution in [2.24, 2.45) is 16.8 Å². The van der Waals surface area contributed by atoms with E-state index in [0.29, 0.717) is 12.0 Å². The average Bonchev–Trinajstić information content (AvgIpc) is 3.30. The topological polar surface area (TPSA) is 54.9 Å². The van der Waals surface area contributed by atoms with Gasteiger partial charge in [-0.3, -0.25) is 4.99 Å². The lowest BCUT2D eigenvalue weighted by atomic mass is 10.0. The molecule has 134 valence electrons. The molecule has 1 aliphatic heterocycles. The SMILES string of the molecule is CCCC1CC1NC(=NCCCOCC1CCOCC1)NCC. The van der Waals surface area contributed by atoms with E-state index in [1.165, 1.54) is 19.3 Å². The molecular formula is C18H35N3O2. The summed E-state index contributed by atoms with van der Waals surface area (Å²) in [4.78, 5) is 4.67. The normalized spacial score (nSPS) is 25.4. The molecule has 0 spiro atoms. The van der Waals surface area contributed by atoms with E-state index in [-0.39, 0.29) is 0 Å². The van der Waals surface area contributed by atoms with Crippen LogP contribution < -0.4 is 10.6 Å². The third-order valence-electron chi connectivity index (χ3n) is 4.66. The molecule has 5 heteroatoms. The number of ether oxygens (including phenoxy) is 2. The van der Waals surface area contributed by atoms with Crippen LogP contribution >= 0.6 is 0 Å². The van der Waals surface area contributed by atoms with Gasteiger partial charge in [0.25, 0.3) is 0 Å². The van der Waals surface area contributed by atoms with Crippen molar-refractivity contribution in [3.63, 3.8) is 0 Å². The van der Waals surface area contributed by atoms with Crippen LogP contribution in [0, 0.1) is 11.8 Å². The van der Waals surface area contributed by atoms with Crippen molar-refractivity contribution < 1.29 is 9.47 Å². The largest absolute Gasteiger partial charge is 0.381 e. The maximum atomic E-state index is 5.79. The molecule has 0 aromatic heterocycles. The molecule has 23 heavy (non-hydrogen) atoms. The van der Waals surface area contributed by atoms with Crippen molar-refractivity contribution >= 4 is 5.96 Å². The van der Waals surface area contributed by atoms with Crippen molar-refractivity contribution in [1.29, 1.82) is 0 Å². The number of rotatable bonds is 10. The van der Waals surface area contributed by atoms with Gasteiger partial charge in [0.1, 0.15) is 0 Å². The van der Waals surface area contributed by atoms with Crippen LogP contribution in [-0.4, -0.2) is 51.5 Å². The Bertz CT molecular complexity index is 343. The molecular weight excluding hydrogens is 290 g/mol. The van der Waals surface area contributed by atoms with Gasteiger partial charge in [0.2, 0.25) is 0 Å². The standard InChI is InChI=1S/C18H35N3O2/c1-3-6-16-13-17(16)21-18(19-4-2)20-9-5-10-23-14-15-7-11-22-12-8-15/h15-17H,3-14H2,1-2H3,(H2,19,20,21). The molecule has 0 radical (unpaired) electrons. The van der Waals surface area contributed by atoms with Crippen molar-refractivity contribution in [3.8, 4) is 0 Å². The zero-order valence-corrected chi connectivity index (χ0v) is 15.0. The van der Waals surface area contributed by atoms with Gasteiger partial charge in [-0.15, -0.1) is 0 Å². The Morgan fingerprint density at radius 2 is 2.09 bits per heavy atom. The fraction of sp³-hybridized carbons (Fsp3) is 0.944. The monoisotopic (exact) mass is 325 g/mol. The van der Waals surface area contributed by atoms with E-state index in [2.05, 4.69) is 29.5 Å². The molecule has 2 fully saturated rings. The summed E-state index contributed by atoms with van der Waals surface area (Å²) in [5.74, 6) is 2.52. The maximum absolute atomic E-state index is 5.79. The summed E-state index contributed by atoms with van der Waals surface area (Å²) in [6.07, 6.45) is 7.19. The zero-order valence-electron chi connectivity index (χ0n) is 15.0. The molecule has 2 N–H and O–H groups in total. The van der Waals surface area contributed by atoms with E-state index in [1.807, 2.05) is 0 Å². The highest BCUT2D eigenvalue weighted by molar-refractivity contribution is 5.80. The van der Waals surface area contributed by atoms with Crippen molar-refractivity contribution in [2.75, 3.05) is 39.5 Å². The van der Waals surface area contributed by atoms with Crippen molar-refractivity contribution in [1.82, 2.24) is 10.6 Å². The number of guanidine groups is 1. The Hall–Kier alpha value is -0.810. The number of aliphatic imine (C=N–C) groups is 1. The second kappa shape index (κ2) is 10.9. The van der Waals surface area contributed by atoms with Crippen LogP contribution in [0.15, 0.2) is 4.99 Å². The van der Waals surface area contributed by atoms with Crippen LogP contribution in [0.3, 0.4) is 0 Å². The van der Waals surface area contributed by atoms with Crippen LogP contribution in [0.25, 0.3) is 0 Å². The van der Waals surface area contributed by atoms with Gasteiger partial charge in [-0.25, -0.2) is 0 Å². The summed E-state index contributed by atoms with van der Waals surface area (Å²) >= 11 is 0. The summed E-state index contributed by atoms with van der Waals surface area (Å²) in [5, 5.41) is 6.90. The van der Waals surface area contributed by atoms with Crippen LogP contribution in [0.4, 0.5) is 0 Å². The summed E-state index contributed by atoms with van der Waals surface area (Å²) in [6.45, 7) is 9.60. The van der Waals surface area contributed by atoms with Gasteiger partial charge >= 0.3 is 0 Å². The van der Waals surface area contributed by atoms with E-state index in [1.54, 1.807) is 0 Å². The maximum Gasteiger partial charge on any atom is 0.191 e. The minimum absolute atomic E-state index is 0.637. The van der Waals surface area contributed by atoms with Crippen LogP contribution in [0.1, 0.15) is 52.4 Å². The molecule has 0 aromatic rings. The van der Waals surface area contributed by atoms with Gasteiger partial charge in [-0.05, 0) is 50.9 Å². The van der Waals surface area contributed by atoms with E-state index >= 15 is 0 Å². The van der Waals surface area contributed by atoms with Gasteiger partial charge in [0, 0.05) is 45.6 Å². The molecule has 0 amide bonds. The third kappa shape index (κ3) is 7.53. The highest BCUT2D eigenvalue weighted by Gasteiger charge is 2.36. The van der Waals surface area contributed by atoms with Gasteiger partial charge < -0.3 is 20.1 Å². The molecule has 2 atom stereocenters. The number of hydrogen-bond acceptors (Lipinski definition) is 3. The molecule has 2 aliphatic rings. The Kier molecular flexibility index (Phi) is 8.76. The number of nitrogens with zero attached hydrogens (tertiary/aromatic N) is 1. The fourth-order valence-electron chi connectivity index (χ4n) is 3.13. The van der Waals surface area contributed by atoms with Gasteiger partial charge in [-0.2, -0.15) is 0 Å². The first-order chi connectivity index (χ1) is 11.3. The molecule has 0 aromatic carbocycles. The fourth-order valence-corrected chi connectivity index (χ4v) is 3.13. The summed E-state index contributed by atoms with van der Waals surface area (Å²) in [6, 6.07) is 0.637. The Morgan fingerprint density at radius 3 is 2.83 bits per heavy atom. The highest BCUT2D eigenvalue weighted by atomic mass is 16.5. The molecule has 1 aliphatic carbocycles. The van der Waals surface area contributed by atoms with E-state index in [9.17, 15) is 0 Å².